The van der Waals surface area contributed by atoms with Gasteiger partial charge in [0.25, 0.3) is 0 Å². The van der Waals surface area contributed by atoms with E-state index in [9.17, 15) is 0 Å². The molecule has 9 heteroatoms. The maximum atomic E-state index is 8.94. The summed E-state index contributed by atoms with van der Waals surface area (Å²) in [6.45, 7) is 4.91. The molecule has 0 aliphatic carbocycles. The third-order valence-electron chi connectivity index (χ3n) is 6.38. The van der Waals surface area contributed by atoms with Crippen LogP contribution in [0.2, 0.25) is 0 Å². The van der Waals surface area contributed by atoms with E-state index in [0.29, 0.717) is 30.5 Å². The molecule has 9 nitrogen and oxygen atoms in total. The van der Waals surface area contributed by atoms with Gasteiger partial charge in [-0.05, 0) is 45.1 Å². The number of nitriles is 1. The minimum Gasteiger partial charge on any atom is -0.351 e. The van der Waals surface area contributed by atoms with Gasteiger partial charge in [-0.25, -0.2) is 0 Å². The normalized spacial score (nSPS) is 23.6. The highest BCUT2D eigenvalue weighted by atomic mass is 15.3. The highest BCUT2D eigenvalue weighted by molar-refractivity contribution is 5.92. The first-order valence-corrected chi connectivity index (χ1v) is 10.6. The monoisotopic (exact) mass is 405 g/mol. The van der Waals surface area contributed by atoms with Crippen molar-refractivity contribution < 1.29 is 0 Å². The molecule has 0 saturated carbocycles. The van der Waals surface area contributed by atoms with Crippen LogP contribution in [-0.4, -0.2) is 54.7 Å². The molecule has 1 unspecified atom stereocenters. The predicted octanol–water partition coefficient (Wildman–Crippen LogP) is 3.36. The molecule has 2 saturated heterocycles. The average molecular weight is 406 g/mol. The zero-order valence-electron chi connectivity index (χ0n) is 17.4. The van der Waals surface area contributed by atoms with Crippen molar-refractivity contribution in [1.82, 2.24) is 30.0 Å². The van der Waals surface area contributed by atoms with E-state index in [2.05, 4.69) is 36.8 Å². The summed E-state index contributed by atoms with van der Waals surface area (Å²) < 4.78 is 0. The second kappa shape index (κ2) is 7.61. The minimum atomic E-state index is 0.342. The lowest BCUT2D eigenvalue weighted by Gasteiger charge is -2.38. The first-order chi connectivity index (χ1) is 14.6. The van der Waals surface area contributed by atoms with E-state index >= 15 is 0 Å². The molecule has 3 atom stereocenters. The van der Waals surface area contributed by atoms with Crippen LogP contribution < -0.4 is 10.6 Å². The Bertz CT molecular complexity index is 1080. The zero-order chi connectivity index (χ0) is 20.7. The molecular formula is C21H27N9. The maximum Gasteiger partial charge on any atom is 0.226 e. The van der Waals surface area contributed by atoms with E-state index in [0.717, 1.165) is 53.3 Å². The number of piperidine rings is 1. The van der Waals surface area contributed by atoms with Crippen molar-refractivity contribution in [2.75, 3.05) is 17.2 Å². The van der Waals surface area contributed by atoms with Gasteiger partial charge >= 0.3 is 0 Å². The summed E-state index contributed by atoms with van der Waals surface area (Å²) in [6.07, 6.45) is 7.13. The van der Waals surface area contributed by atoms with Crippen LogP contribution in [0.3, 0.4) is 0 Å². The van der Waals surface area contributed by atoms with E-state index in [4.69, 9.17) is 15.2 Å². The van der Waals surface area contributed by atoms with Crippen molar-refractivity contribution >= 4 is 28.6 Å². The Morgan fingerprint density at radius 3 is 2.73 bits per heavy atom. The maximum absolute atomic E-state index is 8.94. The molecule has 2 fully saturated rings. The Morgan fingerprint density at radius 2 is 2.03 bits per heavy atom. The molecule has 2 aliphatic rings. The fourth-order valence-corrected chi connectivity index (χ4v) is 5.06. The Hall–Kier alpha value is -3.12. The first kappa shape index (κ1) is 18.9. The quantitative estimate of drug-likeness (QED) is 0.496. The average Bonchev–Trinajstić information content (AvgIpc) is 3.36. The Labute approximate surface area is 175 Å². The van der Waals surface area contributed by atoms with Crippen LogP contribution in [0.4, 0.5) is 17.6 Å². The molecule has 0 radical (unpaired) electrons. The van der Waals surface area contributed by atoms with Gasteiger partial charge in [0.15, 0.2) is 5.82 Å². The molecule has 3 aromatic rings. The third-order valence-corrected chi connectivity index (χ3v) is 6.38. The van der Waals surface area contributed by atoms with Gasteiger partial charge in [0.2, 0.25) is 5.95 Å². The molecule has 3 aromatic heterocycles. The number of H-pyrrole nitrogens is 2. The third kappa shape index (κ3) is 3.48. The molecule has 2 aliphatic heterocycles. The fraction of sp³-hybridized carbons (Fsp3) is 0.524. The molecule has 5 rings (SSSR count). The number of aromatic amines is 2. The number of hydrogen-bond acceptors (Lipinski definition) is 7. The summed E-state index contributed by atoms with van der Waals surface area (Å²) in [5.41, 5.74) is 2.90. The molecule has 0 spiro atoms. The lowest BCUT2D eigenvalue weighted by molar-refractivity contribution is 0.135. The predicted molar refractivity (Wildman–Crippen MR) is 116 cm³/mol. The molecule has 0 aromatic carbocycles. The van der Waals surface area contributed by atoms with Gasteiger partial charge in [0, 0.05) is 49.0 Å². The van der Waals surface area contributed by atoms with Crippen LogP contribution in [0.25, 0.3) is 11.0 Å². The molecule has 2 bridgehead atoms. The van der Waals surface area contributed by atoms with E-state index in [1.54, 1.807) is 0 Å². The van der Waals surface area contributed by atoms with Crippen LogP contribution >= 0.6 is 0 Å². The smallest absolute Gasteiger partial charge is 0.226 e. The first-order valence-electron chi connectivity index (χ1n) is 10.6. The minimum absolute atomic E-state index is 0.342. The second-order valence-corrected chi connectivity index (χ2v) is 8.50. The number of aryl methyl sites for hydroxylation is 2. The van der Waals surface area contributed by atoms with Crippen LogP contribution in [0.1, 0.15) is 43.4 Å². The van der Waals surface area contributed by atoms with Crippen molar-refractivity contribution in [3.8, 4) is 6.07 Å². The number of fused-ring (bicyclic) bond motifs is 3. The summed E-state index contributed by atoms with van der Waals surface area (Å²) in [5.74, 6) is 2.12. The van der Waals surface area contributed by atoms with Crippen LogP contribution in [-0.2, 0) is 0 Å². The van der Waals surface area contributed by atoms with Crippen molar-refractivity contribution in [2.24, 2.45) is 0 Å². The van der Waals surface area contributed by atoms with Gasteiger partial charge in [-0.1, -0.05) is 0 Å². The molecule has 30 heavy (non-hydrogen) atoms. The number of nitrogens with zero attached hydrogens (tertiary/aromatic N) is 5. The lowest BCUT2D eigenvalue weighted by Crippen LogP contribution is -2.47. The number of nitrogens with one attached hydrogen (secondary N) is 4. The molecule has 0 amide bonds. The summed E-state index contributed by atoms with van der Waals surface area (Å²) in [7, 11) is 0. The summed E-state index contributed by atoms with van der Waals surface area (Å²) >= 11 is 0. The van der Waals surface area contributed by atoms with Crippen LogP contribution in [0.15, 0.2) is 12.3 Å². The fourth-order valence-electron chi connectivity index (χ4n) is 5.06. The molecular weight excluding hydrogens is 378 g/mol. The summed E-state index contributed by atoms with van der Waals surface area (Å²) in [4.78, 5) is 15.3. The van der Waals surface area contributed by atoms with Crippen LogP contribution in [0, 0.1) is 25.2 Å². The van der Waals surface area contributed by atoms with Gasteiger partial charge < -0.3 is 15.6 Å². The second-order valence-electron chi connectivity index (χ2n) is 8.50. The number of aromatic nitrogens is 5. The van der Waals surface area contributed by atoms with Gasteiger partial charge in [0.1, 0.15) is 11.5 Å². The van der Waals surface area contributed by atoms with Gasteiger partial charge in [-0.2, -0.15) is 20.3 Å². The highest BCUT2D eigenvalue weighted by Gasteiger charge is 2.40. The number of rotatable bonds is 6. The Kier molecular flexibility index (Phi) is 4.79. The van der Waals surface area contributed by atoms with Gasteiger partial charge in [-0.15, -0.1) is 0 Å². The van der Waals surface area contributed by atoms with Crippen molar-refractivity contribution in [2.45, 2.75) is 64.1 Å². The van der Waals surface area contributed by atoms with E-state index in [1.807, 2.05) is 26.1 Å². The molecule has 156 valence electrons. The van der Waals surface area contributed by atoms with Crippen LogP contribution in [0.5, 0.6) is 0 Å². The summed E-state index contributed by atoms with van der Waals surface area (Å²) in [6, 6.07) is 5.69. The Morgan fingerprint density at radius 1 is 1.23 bits per heavy atom. The number of hydrogen-bond donors (Lipinski definition) is 4. The summed E-state index contributed by atoms with van der Waals surface area (Å²) in [5, 5.41) is 24.1. The standard InChI is InChI=1S/C21H27N9/c1-12-11-23-19-18(12)20(25-17-8-13(2)28-29-17)27-21(26-19)24-14-9-15-4-5-16(10-14)30(15)7-3-6-22/h8,11,14-16H,3-5,7,9-10H2,1-2H3,(H4,23,24,25,26,27,28,29)/t14?,15-,16+. The van der Waals surface area contributed by atoms with Gasteiger partial charge in [0.05, 0.1) is 11.5 Å². The van der Waals surface area contributed by atoms with Crippen molar-refractivity contribution in [3.05, 3.63) is 23.5 Å². The topological polar surface area (TPSA) is 121 Å². The van der Waals surface area contributed by atoms with Crippen molar-refractivity contribution in [1.29, 1.82) is 5.26 Å². The number of anilines is 3. The van der Waals surface area contributed by atoms with E-state index < -0.39 is 0 Å². The lowest BCUT2D eigenvalue weighted by atomic mass is 9.97. The molecule has 5 heterocycles. The molecule has 4 N–H and O–H groups in total. The van der Waals surface area contributed by atoms with Crippen molar-refractivity contribution in [3.63, 3.8) is 0 Å². The highest BCUT2D eigenvalue weighted by Crippen LogP contribution is 2.37. The Balaban J connectivity index is 1.37. The van der Waals surface area contributed by atoms with E-state index in [1.165, 1.54) is 12.8 Å². The van der Waals surface area contributed by atoms with E-state index in [-0.39, 0.29) is 0 Å². The van der Waals surface area contributed by atoms with Gasteiger partial charge in [-0.3, -0.25) is 10.00 Å². The SMILES string of the molecule is Cc1cc(Nc2nc(NC3C[C@H]4CC[C@@H](C3)N4CCC#N)nc3[nH]cc(C)c23)n[nH]1. The zero-order valence-corrected chi connectivity index (χ0v) is 17.4. The largest absolute Gasteiger partial charge is 0.351 e.